The number of nitrogens with zero attached hydrogens (tertiary/aromatic N) is 4. The number of imide groups is 1. The molecule has 284 valence electrons. The Morgan fingerprint density at radius 1 is 1.10 bits per heavy atom. The zero-order chi connectivity index (χ0) is 38.2. The average Bonchev–Trinajstić information content (AvgIpc) is 3.66. The van der Waals surface area contributed by atoms with Gasteiger partial charge in [0.25, 0.3) is 5.91 Å². The first-order chi connectivity index (χ1) is 24.6. The summed E-state index contributed by atoms with van der Waals surface area (Å²) in [5.41, 5.74) is 0.875. The van der Waals surface area contributed by atoms with Gasteiger partial charge in [-0.25, -0.2) is 18.2 Å². The number of carbonyl (C=O) groups is 3. The summed E-state index contributed by atoms with van der Waals surface area (Å²) in [5, 5.41) is 17.3. The molecule has 0 bridgehead atoms. The van der Waals surface area contributed by atoms with Crippen LogP contribution in [0.3, 0.4) is 0 Å². The largest absolute Gasteiger partial charge is 0.497 e. The summed E-state index contributed by atoms with van der Waals surface area (Å²) in [5.74, 6) is -0.848. The summed E-state index contributed by atoms with van der Waals surface area (Å²) in [6, 6.07) is 12.7. The molecule has 52 heavy (non-hydrogen) atoms. The Balaban J connectivity index is 1.62. The SMILES string of the molecule is CC[C@H](C)[C@@H](C(=O)N[C@@H](Cc1ccccc1)[C@H](O)CN(CC(C)(C)C)S(=O)(=O)c1ccc(OC)cc1)N1CC(=O)N(Cc2csc(COC)n2)C1=O. The lowest BCUT2D eigenvalue weighted by Gasteiger charge is -2.35. The van der Waals surface area contributed by atoms with Crippen molar-refractivity contribution in [2.75, 3.05) is 33.9 Å². The van der Waals surface area contributed by atoms with Gasteiger partial charge in [0.05, 0.1) is 43.0 Å². The highest BCUT2D eigenvalue weighted by molar-refractivity contribution is 7.89. The molecule has 2 heterocycles. The number of nitrogens with one attached hydrogen (secondary N) is 1. The number of carbonyl (C=O) groups excluding carboxylic acids is 3. The third kappa shape index (κ3) is 10.4. The van der Waals surface area contributed by atoms with Crippen LogP contribution in [0.15, 0.2) is 64.9 Å². The summed E-state index contributed by atoms with van der Waals surface area (Å²) < 4.78 is 39.6. The molecule has 0 saturated carbocycles. The van der Waals surface area contributed by atoms with Gasteiger partial charge in [-0.2, -0.15) is 4.31 Å². The van der Waals surface area contributed by atoms with E-state index in [0.29, 0.717) is 29.5 Å². The molecule has 2 aromatic carbocycles. The van der Waals surface area contributed by atoms with Crippen LogP contribution in [0.2, 0.25) is 0 Å². The molecule has 0 aliphatic carbocycles. The quantitative estimate of drug-likeness (QED) is 0.181. The van der Waals surface area contributed by atoms with E-state index in [4.69, 9.17) is 9.47 Å². The van der Waals surface area contributed by atoms with Gasteiger partial charge in [0, 0.05) is 25.6 Å². The zero-order valence-corrected chi connectivity index (χ0v) is 32.6. The van der Waals surface area contributed by atoms with E-state index in [0.717, 1.165) is 10.5 Å². The lowest BCUT2D eigenvalue weighted by Crippen LogP contribution is -2.57. The number of aromatic nitrogens is 1. The maximum atomic E-state index is 14.3. The van der Waals surface area contributed by atoms with Crippen LogP contribution < -0.4 is 10.1 Å². The van der Waals surface area contributed by atoms with Gasteiger partial charge in [-0.1, -0.05) is 71.4 Å². The summed E-state index contributed by atoms with van der Waals surface area (Å²) in [6.07, 6.45) is -0.650. The lowest BCUT2D eigenvalue weighted by molar-refractivity contribution is -0.129. The fourth-order valence-electron chi connectivity index (χ4n) is 6.07. The average molecular weight is 758 g/mol. The fraction of sp³-hybridized carbons (Fsp3) is 0.514. The second-order valence-corrected chi connectivity index (χ2v) is 17.2. The maximum absolute atomic E-state index is 14.3. The molecule has 1 aliphatic rings. The van der Waals surface area contributed by atoms with E-state index < -0.39 is 51.5 Å². The molecule has 0 unspecified atom stereocenters. The molecule has 0 spiro atoms. The maximum Gasteiger partial charge on any atom is 0.328 e. The van der Waals surface area contributed by atoms with Crippen molar-refractivity contribution in [3.8, 4) is 5.75 Å². The van der Waals surface area contributed by atoms with Crippen molar-refractivity contribution in [2.24, 2.45) is 11.3 Å². The van der Waals surface area contributed by atoms with Crippen LogP contribution in [0.25, 0.3) is 0 Å². The fourth-order valence-corrected chi connectivity index (χ4v) is 8.51. The van der Waals surface area contributed by atoms with Gasteiger partial charge < -0.3 is 24.8 Å². The third-order valence-corrected chi connectivity index (χ3v) is 11.6. The topological polar surface area (TPSA) is 159 Å². The van der Waals surface area contributed by atoms with Crippen molar-refractivity contribution in [3.05, 3.63) is 76.2 Å². The highest BCUT2D eigenvalue weighted by Crippen LogP contribution is 2.27. The molecule has 4 atom stereocenters. The Hall–Kier alpha value is -3.89. The highest BCUT2D eigenvalue weighted by Gasteiger charge is 2.45. The monoisotopic (exact) mass is 757 g/mol. The summed E-state index contributed by atoms with van der Waals surface area (Å²) in [4.78, 5) is 48.1. The van der Waals surface area contributed by atoms with E-state index in [2.05, 4.69) is 10.3 Å². The molecule has 4 rings (SSSR count). The third-order valence-electron chi connectivity index (χ3n) is 8.89. The number of benzene rings is 2. The number of sulfonamides is 1. The van der Waals surface area contributed by atoms with E-state index in [1.165, 1.54) is 39.8 Å². The smallest absolute Gasteiger partial charge is 0.328 e. The Morgan fingerprint density at radius 2 is 1.77 bits per heavy atom. The van der Waals surface area contributed by atoms with Crippen LogP contribution in [-0.4, -0.2) is 103 Å². The molecular weight excluding hydrogens is 707 g/mol. The molecule has 4 amide bonds. The zero-order valence-electron chi connectivity index (χ0n) is 30.9. The van der Waals surface area contributed by atoms with Gasteiger partial charge in [-0.3, -0.25) is 14.5 Å². The molecule has 3 aromatic rings. The van der Waals surface area contributed by atoms with Gasteiger partial charge in [0.1, 0.15) is 23.3 Å². The number of ether oxygens (including phenoxy) is 2. The van der Waals surface area contributed by atoms with Gasteiger partial charge >= 0.3 is 6.03 Å². The Bertz CT molecular complexity index is 1760. The molecule has 1 aromatic heterocycles. The molecule has 13 nitrogen and oxygen atoms in total. The van der Waals surface area contributed by atoms with E-state index in [1.54, 1.807) is 24.6 Å². The number of rotatable bonds is 18. The van der Waals surface area contributed by atoms with Crippen molar-refractivity contribution in [1.82, 2.24) is 24.4 Å². The number of hydrogen-bond donors (Lipinski definition) is 2. The van der Waals surface area contributed by atoms with Crippen molar-refractivity contribution in [2.45, 2.75) is 83.7 Å². The number of methoxy groups -OCH3 is 2. The first-order valence-corrected chi connectivity index (χ1v) is 19.6. The van der Waals surface area contributed by atoms with E-state index in [-0.39, 0.29) is 43.4 Å². The van der Waals surface area contributed by atoms with Gasteiger partial charge in [-0.05, 0) is 47.6 Å². The van der Waals surface area contributed by atoms with Crippen LogP contribution in [0.1, 0.15) is 57.3 Å². The number of urea groups is 1. The molecule has 1 fully saturated rings. The molecule has 2 N–H and O–H groups in total. The van der Waals surface area contributed by atoms with Crippen LogP contribution in [0, 0.1) is 11.3 Å². The van der Waals surface area contributed by atoms with Crippen LogP contribution in [0.4, 0.5) is 4.79 Å². The van der Waals surface area contributed by atoms with Crippen molar-refractivity contribution in [3.63, 3.8) is 0 Å². The van der Waals surface area contributed by atoms with Crippen molar-refractivity contribution >= 4 is 39.2 Å². The van der Waals surface area contributed by atoms with Gasteiger partial charge in [0.15, 0.2) is 0 Å². The lowest BCUT2D eigenvalue weighted by atomic mass is 9.94. The molecule has 1 saturated heterocycles. The summed E-state index contributed by atoms with van der Waals surface area (Å²) >= 11 is 1.37. The second kappa shape index (κ2) is 17.8. The number of amides is 4. The Morgan fingerprint density at radius 3 is 2.37 bits per heavy atom. The predicted octanol–water partition coefficient (Wildman–Crippen LogP) is 4.30. The van der Waals surface area contributed by atoms with E-state index >= 15 is 0 Å². The van der Waals surface area contributed by atoms with E-state index in [1.807, 2.05) is 65.0 Å². The van der Waals surface area contributed by atoms with Crippen molar-refractivity contribution in [1.29, 1.82) is 0 Å². The minimum absolute atomic E-state index is 0.0369. The Kier molecular flexibility index (Phi) is 14.0. The first-order valence-electron chi connectivity index (χ1n) is 17.3. The number of aliphatic hydroxyl groups is 1. The van der Waals surface area contributed by atoms with Gasteiger partial charge in [-0.15, -0.1) is 11.3 Å². The molecule has 0 radical (unpaired) electrons. The minimum atomic E-state index is -4.09. The van der Waals surface area contributed by atoms with Crippen LogP contribution in [-0.2, 0) is 43.9 Å². The van der Waals surface area contributed by atoms with Crippen LogP contribution >= 0.6 is 11.3 Å². The number of hydrogen-bond acceptors (Lipinski definition) is 10. The number of thiazole rings is 1. The Labute approximate surface area is 311 Å². The molecule has 1 aliphatic heterocycles. The minimum Gasteiger partial charge on any atom is -0.497 e. The van der Waals surface area contributed by atoms with Gasteiger partial charge in [0.2, 0.25) is 15.9 Å². The molecule has 15 heteroatoms. The summed E-state index contributed by atoms with van der Waals surface area (Å²) in [6.45, 7) is 9.19. The predicted molar refractivity (Wildman–Crippen MR) is 198 cm³/mol. The van der Waals surface area contributed by atoms with Crippen molar-refractivity contribution < 1.29 is 37.4 Å². The number of aliphatic hydroxyl groups excluding tert-OH is 1. The standard InChI is InChI=1S/C37H51N5O8S2/c1-8-25(2)34(42-21-33(44)41(36(42)46)19-27-23-51-32(38-27)22-49-6)35(45)39-30(18-26-12-10-9-11-13-26)31(43)20-40(24-37(3,4)5)52(47,48)29-16-14-28(50-7)15-17-29/h9-17,23,25,30-31,34,43H,8,18-22,24H2,1-7H3,(H,39,45)/t25-,30-,31+,34-/m0/s1. The highest BCUT2D eigenvalue weighted by atomic mass is 32.2. The normalized spacial score (nSPS) is 16.2. The van der Waals surface area contributed by atoms with Crippen LogP contribution in [0.5, 0.6) is 5.75 Å². The summed E-state index contributed by atoms with van der Waals surface area (Å²) in [7, 11) is -1.03. The van der Waals surface area contributed by atoms with E-state index in [9.17, 15) is 27.9 Å². The second-order valence-electron chi connectivity index (χ2n) is 14.3. The first kappa shape index (κ1) is 40.9. The molecular formula is C37H51N5O8S2.